The van der Waals surface area contributed by atoms with Gasteiger partial charge in [-0.2, -0.15) is 10.1 Å². The molecule has 1 aromatic carbocycles. The molecule has 1 amide bonds. The number of carbonyl (C=O) groups excluding carboxylic acids is 1. The first-order valence-electron chi connectivity index (χ1n) is 11.6. The average Bonchev–Trinajstić information content (AvgIpc) is 3.26. The largest absolute Gasteiger partial charge is 0.358 e. The number of benzene rings is 1. The smallest absolute Gasteiger partial charge is 0.236 e. The van der Waals surface area contributed by atoms with Crippen LogP contribution >= 0.6 is 11.6 Å². The maximum absolute atomic E-state index is 15.1. The summed E-state index contributed by atoms with van der Waals surface area (Å²) in [5, 5.41) is 16.0. The van der Waals surface area contributed by atoms with E-state index in [4.69, 9.17) is 11.6 Å². The first kappa shape index (κ1) is 24.9. The van der Waals surface area contributed by atoms with Crippen molar-refractivity contribution in [3.8, 4) is 0 Å². The van der Waals surface area contributed by atoms with Crippen molar-refractivity contribution in [2.24, 2.45) is 0 Å². The third-order valence-corrected chi connectivity index (χ3v) is 6.72. The van der Waals surface area contributed by atoms with E-state index in [2.05, 4.69) is 41.0 Å². The van der Waals surface area contributed by atoms with E-state index >= 15 is 4.39 Å². The van der Waals surface area contributed by atoms with E-state index in [1.165, 1.54) is 6.20 Å². The number of anilines is 4. The van der Waals surface area contributed by atoms with E-state index in [1.807, 2.05) is 26.8 Å². The Hall–Kier alpha value is -3.24. The van der Waals surface area contributed by atoms with Gasteiger partial charge in [-0.3, -0.25) is 14.8 Å². The molecule has 1 saturated heterocycles. The van der Waals surface area contributed by atoms with Crippen molar-refractivity contribution in [1.29, 1.82) is 0 Å². The highest BCUT2D eigenvalue weighted by molar-refractivity contribution is 6.32. The Balaban J connectivity index is 1.46. The van der Waals surface area contributed by atoms with E-state index < -0.39 is 0 Å². The van der Waals surface area contributed by atoms with Crippen molar-refractivity contribution in [1.82, 2.24) is 30.4 Å². The lowest BCUT2D eigenvalue weighted by atomic mass is 9.86. The van der Waals surface area contributed by atoms with Crippen LogP contribution in [0.1, 0.15) is 42.5 Å². The summed E-state index contributed by atoms with van der Waals surface area (Å²) in [5.41, 5.74) is 3.17. The molecule has 35 heavy (non-hydrogen) atoms. The van der Waals surface area contributed by atoms with Crippen LogP contribution in [0.3, 0.4) is 0 Å². The third kappa shape index (κ3) is 5.71. The molecule has 186 valence electrons. The highest BCUT2D eigenvalue weighted by Crippen LogP contribution is 2.34. The quantitative estimate of drug-likeness (QED) is 0.380. The molecule has 2 aromatic heterocycles. The van der Waals surface area contributed by atoms with Gasteiger partial charge in [0.1, 0.15) is 10.8 Å². The summed E-state index contributed by atoms with van der Waals surface area (Å²) < 4.78 is 15.1. The van der Waals surface area contributed by atoms with E-state index in [1.54, 1.807) is 19.2 Å². The van der Waals surface area contributed by atoms with Gasteiger partial charge in [0.05, 0.1) is 17.9 Å². The minimum absolute atomic E-state index is 0.0170. The highest BCUT2D eigenvalue weighted by atomic mass is 35.5. The zero-order chi connectivity index (χ0) is 25.1. The standard InChI is InChI=1S/C24H30ClFN8O/c1-13-9-20(29-24-28-12-18(25)22(31-24)30-21-10-14(2)32-33-21)19(26)11-17(13)16-5-7-34(8-6-16)15(3)23(35)27-4/h9-12,15-16H,5-8H2,1-4H3,(H,27,35)(H3,28,29,30,31,32,33). The fourth-order valence-electron chi connectivity index (χ4n) is 4.44. The number of piperidine rings is 1. The van der Waals surface area contributed by atoms with Gasteiger partial charge >= 0.3 is 0 Å². The van der Waals surface area contributed by atoms with Crippen LogP contribution in [-0.2, 0) is 4.79 Å². The molecule has 3 aromatic rings. The zero-order valence-electron chi connectivity index (χ0n) is 20.2. The number of rotatable bonds is 7. The second-order valence-electron chi connectivity index (χ2n) is 8.87. The van der Waals surface area contributed by atoms with Gasteiger partial charge in [-0.15, -0.1) is 0 Å². The number of halogens is 2. The van der Waals surface area contributed by atoms with Gasteiger partial charge in [0, 0.05) is 18.8 Å². The summed E-state index contributed by atoms with van der Waals surface area (Å²) in [5.74, 6) is 1.03. The Kier molecular flexibility index (Phi) is 7.51. The van der Waals surface area contributed by atoms with Crippen LogP contribution in [0.4, 0.5) is 27.7 Å². The molecule has 1 fully saturated rings. The first-order chi connectivity index (χ1) is 16.7. The number of nitrogens with zero attached hydrogens (tertiary/aromatic N) is 4. The van der Waals surface area contributed by atoms with Crippen LogP contribution in [-0.4, -0.2) is 57.2 Å². The number of carbonyl (C=O) groups is 1. The number of hydrogen-bond acceptors (Lipinski definition) is 7. The number of aromatic amines is 1. The molecule has 0 spiro atoms. The predicted molar refractivity (Wildman–Crippen MR) is 135 cm³/mol. The van der Waals surface area contributed by atoms with Gasteiger partial charge in [0.15, 0.2) is 11.6 Å². The minimum atomic E-state index is -0.372. The molecular formula is C24H30ClFN8O. The Morgan fingerprint density at radius 2 is 1.97 bits per heavy atom. The molecule has 1 aliphatic rings. The molecule has 4 rings (SSSR count). The number of H-pyrrole nitrogens is 1. The van der Waals surface area contributed by atoms with Crippen molar-refractivity contribution in [3.63, 3.8) is 0 Å². The van der Waals surface area contributed by atoms with E-state index in [9.17, 15) is 4.79 Å². The maximum atomic E-state index is 15.1. The fraction of sp³-hybridized carbons (Fsp3) is 0.417. The van der Waals surface area contributed by atoms with Gasteiger partial charge < -0.3 is 16.0 Å². The summed E-state index contributed by atoms with van der Waals surface area (Å²) in [6, 6.07) is 5.03. The molecular weight excluding hydrogens is 471 g/mol. The number of hydrogen-bond donors (Lipinski definition) is 4. The molecule has 1 unspecified atom stereocenters. The minimum Gasteiger partial charge on any atom is -0.358 e. The van der Waals surface area contributed by atoms with Gasteiger partial charge in [-0.25, -0.2) is 9.37 Å². The van der Waals surface area contributed by atoms with E-state index in [0.717, 1.165) is 42.8 Å². The van der Waals surface area contributed by atoms with Crippen LogP contribution < -0.4 is 16.0 Å². The molecule has 0 saturated carbocycles. The van der Waals surface area contributed by atoms with Crippen molar-refractivity contribution in [2.75, 3.05) is 30.8 Å². The molecule has 3 heterocycles. The number of amides is 1. The fourth-order valence-corrected chi connectivity index (χ4v) is 4.58. The lowest BCUT2D eigenvalue weighted by Gasteiger charge is -2.35. The topological polar surface area (TPSA) is 111 Å². The molecule has 0 aliphatic carbocycles. The summed E-state index contributed by atoms with van der Waals surface area (Å²) >= 11 is 6.22. The van der Waals surface area contributed by atoms with Gasteiger partial charge in [0.2, 0.25) is 11.9 Å². The molecule has 11 heteroatoms. The maximum Gasteiger partial charge on any atom is 0.236 e. The number of likely N-dealkylation sites (N-methyl/N-ethyl adjacent to an activating group) is 1. The highest BCUT2D eigenvalue weighted by Gasteiger charge is 2.28. The number of nitrogens with one attached hydrogen (secondary N) is 4. The Bertz CT molecular complexity index is 1210. The lowest BCUT2D eigenvalue weighted by molar-refractivity contribution is -0.125. The van der Waals surface area contributed by atoms with Crippen LogP contribution in [0.2, 0.25) is 5.02 Å². The first-order valence-corrected chi connectivity index (χ1v) is 12.0. The summed E-state index contributed by atoms with van der Waals surface area (Å²) in [6.45, 7) is 7.37. The lowest BCUT2D eigenvalue weighted by Crippen LogP contribution is -2.47. The van der Waals surface area contributed by atoms with Crippen molar-refractivity contribution in [2.45, 2.75) is 45.6 Å². The summed E-state index contributed by atoms with van der Waals surface area (Å²) in [4.78, 5) is 22.7. The summed E-state index contributed by atoms with van der Waals surface area (Å²) in [6.07, 6.45) is 3.19. The van der Waals surface area contributed by atoms with Gasteiger partial charge in [0.25, 0.3) is 0 Å². The molecule has 1 aliphatic heterocycles. The number of aryl methyl sites for hydroxylation is 2. The zero-order valence-corrected chi connectivity index (χ0v) is 21.0. The molecule has 1 atom stereocenters. The van der Waals surface area contributed by atoms with Crippen molar-refractivity contribution in [3.05, 3.63) is 52.1 Å². The van der Waals surface area contributed by atoms with Crippen LogP contribution in [0.25, 0.3) is 0 Å². The van der Waals surface area contributed by atoms with Crippen molar-refractivity contribution >= 4 is 40.8 Å². The second kappa shape index (κ2) is 10.6. The molecule has 9 nitrogen and oxygen atoms in total. The molecule has 0 bridgehead atoms. The monoisotopic (exact) mass is 500 g/mol. The Morgan fingerprint density at radius 1 is 1.23 bits per heavy atom. The summed E-state index contributed by atoms with van der Waals surface area (Å²) in [7, 11) is 1.65. The predicted octanol–water partition coefficient (Wildman–Crippen LogP) is 4.41. The van der Waals surface area contributed by atoms with Crippen molar-refractivity contribution < 1.29 is 9.18 Å². The van der Waals surface area contributed by atoms with E-state index in [0.29, 0.717) is 22.3 Å². The number of aromatic nitrogens is 4. The number of likely N-dealkylation sites (tertiary alicyclic amines) is 1. The molecule has 4 N–H and O–H groups in total. The van der Waals surface area contributed by atoms with Gasteiger partial charge in [-0.05, 0) is 75.9 Å². The molecule has 0 radical (unpaired) electrons. The van der Waals surface area contributed by atoms with Crippen LogP contribution in [0.15, 0.2) is 24.4 Å². The third-order valence-electron chi connectivity index (χ3n) is 6.44. The normalized spacial score (nSPS) is 15.6. The Morgan fingerprint density at radius 3 is 2.63 bits per heavy atom. The van der Waals surface area contributed by atoms with Crippen LogP contribution in [0.5, 0.6) is 0 Å². The second-order valence-corrected chi connectivity index (χ2v) is 9.27. The van der Waals surface area contributed by atoms with Crippen LogP contribution in [0, 0.1) is 19.7 Å². The SMILES string of the molecule is CNC(=O)C(C)N1CCC(c2cc(F)c(Nc3ncc(Cl)c(Nc4cc(C)[nH]n4)n3)cc2C)CC1. The average molecular weight is 501 g/mol. The van der Waals surface area contributed by atoms with E-state index in [-0.39, 0.29) is 29.6 Å². The van der Waals surface area contributed by atoms with Gasteiger partial charge in [-0.1, -0.05) is 11.6 Å². The Labute approximate surface area is 208 Å².